The Morgan fingerprint density at radius 1 is 1.12 bits per heavy atom. The van der Waals surface area contributed by atoms with Crippen LogP contribution in [0.25, 0.3) is 0 Å². The summed E-state index contributed by atoms with van der Waals surface area (Å²) in [5.41, 5.74) is 0. The zero-order chi connectivity index (χ0) is 19.9. The van der Waals surface area contributed by atoms with Gasteiger partial charge in [0.1, 0.15) is 13.2 Å². The van der Waals surface area contributed by atoms with Gasteiger partial charge in [0.2, 0.25) is 0 Å². The second kappa shape index (κ2) is 14.4. The molecule has 10 nitrogen and oxygen atoms in total. The van der Waals surface area contributed by atoms with Gasteiger partial charge in [-0.1, -0.05) is 6.92 Å². The van der Waals surface area contributed by atoms with Crippen LogP contribution in [0.4, 0.5) is 0 Å². The Kier molecular flexibility index (Phi) is 16.0. The first-order valence-electron chi connectivity index (χ1n) is 6.99. The maximum atomic E-state index is 10.7. The summed E-state index contributed by atoms with van der Waals surface area (Å²) >= 11 is 0. The number of hydrogen-bond donors (Lipinski definition) is 3. The van der Waals surface area contributed by atoms with Crippen LogP contribution in [0.15, 0.2) is 0 Å². The van der Waals surface area contributed by atoms with E-state index in [9.17, 15) is 19.5 Å². The van der Waals surface area contributed by atoms with Crippen LogP contribution >= 0.6 is 0 Å². The molecule has 0 spiro atoms. The van der Waals surface area contributed by atoms with Crippen LogP contribution < -0.4 is 5.11 Å². The Bertz CT molecular complexity index is 398. The standard InChI is InChI=1S/C8H15NO4.C4H8O3.C2H4O2/c1-9(2,3)4-5-13-8(12)6-7(10)11;1-2-3(5)4(6)7;1-2(3)4/h4-6H2,1-3H3;3,5H,2H2,1H3,(H,6,7);1H3,(H,3,4). The Morgan fingerprint density at radius 2 is 1.54 bits per heavy atom. The van der Waals surface area contributed by atoms with Crippen LogP contribution in [0.2, 0.25) is 0 Å². The summed E-state index contributed by atoms with van der Waals surface area (Å²) in [6.45, 7) is 3.58. The first-order valence-corrected chi connectivity index (χ1v) is 6.99. The van der Waals surface area contributed by atoms with Crippen molar-refractivity contribution in [1.29, 1.82) is 0 Å². The lowest BCUT2D eigenvalue weighted by Gasteiger charge is -2.23. The third-order valence-electron chi connectivity index (χ3n) is 1.99. The number of ether oxygens (including phenoxy) is 1. The molecule has 0 bridgehead atoms. The van der Waals surface area contributed by atoms with Crippen LogP contribution in [-0.4, -0.2) is 84.1 Å². The van der Waals surface area contributed by atoms with Gasteiger partial charge in [0.05, 0.1) is 33.5 Å². The minimum Gasteiger partial charge on any atom is -0.550 e. The second-order valence-corrected chi connectivity index (χ2v) is 5.56. The molecule has 0 amide bonds. The number of carboxylic acids is 3. The van der Waals surface area contributed by atoms with Crippen molar-refractivity contribution in [3.63, 3.8) is 0 Å². The molecule has 0 aliphatic rings. The van der Waals surface area contributed by atoms with Crippen LogP contribution in [0.1, 0.15) is 26.7 Å². The molecule has 0 aliphatic carbocycles. The van der Waals surface area contributed by atoms with Gasteiger partial charge >= 0.3 is 11.9 Å². The monoisotopic (exact) mass is 353 g/mol. The Hall–Kier alpha value is -2.20. The number of likely N-dealkylation sites (N-methyl/N-ethyl adjacent to an activating group) is 1. The van der Waals surface area contributed by atoms with Gasteiger partial charge in [0, 0.05) is 6.92 Å². The smallest absolute Gasteiger partial charge is 0.332 e. The molecular weight excluding hydrogens is 326 g/mol. The predicted molar refractivity (Wildman–Crippen MR) is 80.7 cm³/mol. The molecule has 3 N–H and O–H groups in total. The van der Waals surface area contributed by atoms with Crippen LogP contribution in [0.5, 0.6) is 0 Å². The maximum Gasteiger partial charge on any atom is 0.332 e. The average Bonchev–Trinajstić information content (AvgIpc) is 2.35. The molecule has 24 heavy (non-hydrogen) atoms. The molecule has 0 fully saturated rings. The van der Waals surface area contributed by atoms with Crippen molar-refractivity contribution in [3.8, 4) is 0 Å². The van der Waals surface area contributed by atoms with E-state index in [4.69, 9.17) is 20.1 Å². The summed E-state index contributed by atoms with van der Waals surface area (Å²) in [5.74, 6) is -4.13. The van der Waals surface area contributed by atoms with Crippen molar-refractivity contribution in [2.45, 2.75) is 32.8 Å². The number of carboxylic acid groups (broad SMARTS) is 3. The Morgan fingerprint density at radius 3 is 1.75 bits per heavy atom. The minimum absolute atomic E-state index is 0.232. The number of aliphatic hydroxyl groups is 1. The van der Waals surface area contributed by atoms with Gasteiger partial charge < -0.3 is 34.4 Å². The number of quaternary nitrogens is 1. The third kappa shape index (κ3) is 31.9. The molecule has 1 unspecified atom stereocenters. The average molecular weight is 353 g/mol. The van der Waals surface area contributed by atoms with E-state index in [0.29, 0.717) is 11.0 Å². The highest BCUT2D eigenvalue weighted by Gasteiger charge is 2.09. The van der Waals surface area contributed by atoms with E-state index in [1.54, 1.807) is 6.92 Å². The topological polar surface area (TPSA) is 161 Å². The van der Waals surface area contributed by atoms with E-state index in [0.717, 1.165) is 6.92 Å². The van der Waals surface area contributed by atoms with Crippen molar-refractivity contribution in [2.24, 2.45) is 0 Å². The van der Waals surface area contributed by atoms with E-state index < -0.39 is 36.4 Å². The molecule has 0 aromatic carbocycles. The maximum absolute atomic E-state index is 10.7. The number of rotatable bonds is 7. The quantitative estimate of drug-likeness (QED) is 0.275. The van der Waals surface area contributed by atoms with E-state index in [1.165, 1.54) is 0 Å². The molecule has 1 atom stereocenters. The number of esters is 1. The fourth-order valence-corrected chi connectivity index (χ4v) is 0.777. The summed E-state index contributed by atoms with van der Waals surface area (Å²) < 4.78 is 5.32. The number of carbonyl (C=O) groups is 4. The lowest BCUT2D eigenvalue weighted by atomic mass is 10.3. The summed E-state index contributed by atoms with van der Waals surface area (Å²) in [7, 11) is 5.85. The highest BCUT2D eigenvalue weighted by atomic mass is 16.5. The summed E-state index contributed by atoms with van der Waals surface area (Å²) in [6.07, 6.45) is -1.58. The lowest BCUT2D eigenvalue weighted by molar-refractivity contribution is -0.870. The molecule has 0 aromatic rings. The van der Waals surface area contributed by atoms with Gasteiger partial charge in [-0.2, -0.15) is 0 Å². The van der Waals surface area contributed by atoms with Crippen LogP contribution in [-0.2, 0) is 23.9 Å². The van der Waals surface area contributed by atoms with Crippen molar-refractivity contribution in [2.75, 3.05) is 34.3 Å². The molecule has 0 saturated carbocycles. The molecule has 0 aromatic heterocycles. The normalized spacial score (nSPS) is 10.9. The molecule has 142 valence electrons. The predicted octanol–water partition coefficient (Wildman–Crippen LogP) is -1.69. The van der Waals surface area contributed by atoms with Gasteiger partial charge in [0.25, 0.3) is 5.97 Å². The second-order valence-electron chi connectivity index (χ2n) is 5.56. The Balaban J connectivity index is -0.000000335. The van der Waals surface area contributed by atoms with E-state index in [2.05, 4.69) is 4.74 Å². The highest BCUT2D eigenvalue weighted by Crippen LogP contribution is 1.91. The van der Waals surface area contributed by atoms with Crippen LogP contribution in [0.3, 0.4) is 0 Å². The molecule has 0 radical (unpaired) electrons. The van der Waals surface area contributed by atoms with Gasteiger partial charge in [-0.05, 0) is 6.42 Å². The molecule has 0 heterocycles. The molecule has 0 aliphatic heterocycles. The van der Waals surface area contributed by atoms with Crippen LogP contribution in [0, 0.1) is 0 Å². The lowest BCUT2D eigenvalue weighted by Crippen LogP contribution is -2.38. The molecule has 0 rings (SSSR count). The number of aliphatic hydroxyl groups excluding tert-OH is 1. The van der Waals surface area contributed by atoms with Gasteiger partial charge in [0.15, 0.2) is 6.10 Å². The van der Waals surface area contributed by atoms with E-state index in [-0.39, 0.29) is 13.0 Å². The van der Waals surface area contributed by atoms with Crippen molar-refractivity contribution < 1.29 is 48.8 Å². The Labute approximate surface area is 140 Å². The first-order chi connectivity index (χ1) is 10.7. The van der Waals surface area contributed by atoms with E-state index >= 15 is 0 Å². The molecule has 10 heteroatoms. The number of carbonyl (C=O) groups excluding carboxylic acids is 2. The fourth-order valence-electron chi connectivity index (χ4n) is 0.777. The first kappa shape index (κ1) is 26.7. The summed E-state index contributed by atoms with van der Waals surface area (Å²) in [5, 5.41) is 33.6. The third-order valence-corrected chi connectivity index (χ3v) is 1.99. The van der Waals surface area contributed by atoms with Crippen molar-refractivity contribution >= 4 is 23.9 Å². The number of nitrogens with zero attached hydrogens (tertiary/aromatic N) is 1. The SMILES string of the molecule is CC(=O)O.CCC(O)C(=O)O.C[N+](C)(C)CCOC(=O)CC(=O)[O-]. The van der Waals surface area contributed by atoms with Crippen molar-refractivity contribution in [1.82, 2.24) is 0 Å². The van der Waals surface area contributed by atoms with Gasteiger partial charge in [-0.25, -0.2) is 4.79 Å². The summed E-state index contributed by atoms with van der Waals surface area (Å²) in [4.78, 5) is 39.3. The zero-order valence-corrected chi connectivity index (χ0v) is 14.6. The van der Waals surface area contributed by atoms with Gasteiger partial charge in [-0.15, -0.1) is 0 Å². The van der Waals surface area contributed by atoms with Gasteiger partial charge in [-0.3, -0.25) is 9.59 Å². The largest absolute Gasteiger partial charge is 0.550 e. The van der Waals surface area contributed by atoms with Crippen molar-refractivity contribution in [3.05, 3.63) is 0 Å². The number of aliphatic carboxylic acids is 3. The highest BCUT2D eigenvalue weighted by molar-refractivity contribution is 5.88. The molecule has 0 saturated heterocycles. The summed E-state index contributed by atoms with van der Waals surface area (Å²) in [6, 6.07) is 0. The van der Waals surface area contributed by atoms with E-state index in [1.807, 2.05) is 21.1 Å². The fraction of sp³-hybridized carbons (Fsp3) is 0.714. The number of hydrogen-bond acceptors (Lipinski definition) is 7. The zero-order valence-electron chi connectivity index (χ0n) is 14.6. The molecular formula is C14H27NO9. The minimum atomic E-state index is -1.41.